The maximum absolute atomic E-state index is 14.0. The van der Waals surface area contributed by atoms with Crippen molar-refractivity contribution >= 4 is 60.8 Å². The third-order valence-electron chi connectivity index (χ3n) is 11.6. The molecule has 8 rings (SSSR count). The largest absolute Gasteiger partial charge is 0.508 e. The molecule has 2 fully saturated rings. The van der Waals surface area contributed by atoms with Gasteiger partial charge in [-0.3, -0.25) is 19.4 Å². The SMILES string of the molecule is CC(C)C(C(=O)N1C[C@H](O)C[C@H]1C(=O)NCc1ccc(Cl)cc1)c1cc(OCCN2CCN(CCOc3ccc(Oc4c(-c5ccc(Br)cc5)sc5cc(O)ccc45)cc3)CC2)no1. The van der Waals surface area contributed by atoms with Gasteiger partial charge in [-0.1, -0.05) is 65.6 Å². The van der Waals surface area contributed by atoms with Crippen LogP contribution >= 0.6 is 38.9 Å². The lowest BCUT2D eigenvalue weighted by molar-refractivity contribution is -0.141. The highest BCUT2D eigenvalue weighted by Gasteiger charge is 2.43. The third kappa shape index (κ3) is 11.2. The maximum atomic E-state index is 14.0. The Balaban J connectivity index is 0.763. The molecule has 2 aliphatic rings. The van der Waals surface area contributed by atoms with Gasteiger partial charge in [0, 0.05) is 84.4 Å². The fourth-order valence-electron chi connectivity index (χ4n) is 8.10. The topological polar surface area (TPSA) is 150 Å². The second-order valence-corrected chi connectivity index (χ2v) is 18.8. The number of rotatable bonds is 17. The Morgan fingerprint density at radius 1 is 0.906 bits per heavy atom. The van der Waals surface area contributed by atoms with Crippen molar-refractivity contribution in [1.82, 2.24) is 25.2 Å². The minimum absolute atomic E-state index is 0.0572. The number of aliphatic hydroxyl groups is 1. The predicted molar refractivity (Wildman–Crippen MR) is 251 cm³/mol. The first-order valence-electron chi connectivity index (χ1n) is 21.4. The number of carbonyl (C=O) groups excluding carboxylic acids is 2. The van der Waals surface area contributed by atoms with Crippen LogP contribution in [0, 0.1) is 5.92 Å². The van der Waals surface area contributed by atoms with E-state index in [-0.39, 0.29) is 43.0 Å². The zero-order valence-electron chi connectivity index (χ0n) is 35.6. The molecule has 1 unspecified atom stereocenters. The minimum Gasteiger partial charge on any atom is -0.508 e. The molecule has 64 heavy (non-hydrogen) atoms. The zero-order valence-corrected chi connectivity index (χ0v) is 38.8. The number of halogens is 2. The van der Waals surface area contributed by atoms with E-state index in [2.05, 4.69) is 36.2 Å². The molecule has 0 saturated carbocycles. The number of piperazine rings is 1. The highest BCUT2D eigenvalue weighted by Crippen LogP contribution is 2.47. The van der Waals surface area contributed by atoms with Crippen LogP contribution in [-0.2, 0) is 16.1 Å². The van der Waals surface area contributed by atoms with Crippen LogP contribution in [0.15, 0.2) is 106 Å². The molecule has 4 aromatic carbocycles. The zero-order chi connectivity index (χ0) is 44.7. The Labute approximate surface area is 389 Å². The second-order valence-electron chi connectivity index (χ2n) is 16.4. The van der Waals surface area contributed by atoms with Gasteiger partial charge in [0.15, 0.2) is 11.5 Å². The Kier molecular flexibility index (Phi) is 14.7. The van der Waals surface area contributed by atoms with Gasteiger partial charge in [-0.05, 0) is 88.9 Å². The summed E-state index contributed by atoms with van der Waals surface area (Å²) in [6.45, 7) is 10.2. The van der Waals surface area contributed by atoms with Gasteiger partial charge >= 0.3 is 0 Å². The van der Waals surface area contributed by atoms with Crippen LogP contribution in [0.25, 0.3) is 20.5 Å². The number of thiophene rings is 1. The van der Waals surface area contributed by atoms with Crippen LogP contribution in [0.4, 0.5) is 0 Å². The van der Waals surface area contributed by atoms with Crippen molar-refractivity contribution in [2.45, 2.75) is 44.9 Å². The van der Waals surface area contributed by atoms with Gasteiger partial charge in [0.05, 0.1) is 11.0 Å². The Morgan fingerprint density at radius 2 is 1.58 bits per heavy atom. The standard InChI is InChI=1S/C48H51BrClN5O8S/c1-30(2)44(48(59)55-29-36(57)25-40(55)47(58)51-28-31-3-9-34(50)10-4-31)41-27-43(52-63-41)61-24-22-54-19-17-53(18-20-54)21-23-60-37-12-14-38(15-13-37)62-45-39-16-11-35(56)26-42(39)64-46(45)32-5-7-33(49)8-6-32/h3-16,26-27,30,36,40,44,56-57H,17-25,28-29H2,1-2H3,(H,51,58)/t36-,40+,44?/m1/s1. The first-order valence-corrected chi connectivity index (χ1v) is 23.4. The van der Waals surface area contributed by atoms with E-state index in [9.17, 15) is 19.8 Å². The number of nitrogens with zero attached hydrogens (tertiary/aromatic N) is 4. The number of phenols is 1. The summed E-state index contributed by atoms with van der Waals surface area (Å²) in [6.07, 6.45) is -0.658. The van der Waals surface area contributed by atoms with Crippen LogP contribution in [0.5, 0.6) is 28.9 Å². The average molecular weight is 973 g/mol. The van der Waals surface area contributed by atoms with Gasteiger partial charge < -0.3 is 39.2 Å². The number of fused-ring (bicyclic) bond motifs is 1. The molecule has 336 valence electrons. The number of amides is 2. The number of likely N-dealkylation sites (tertiary alicyclic amines) is 1. The number of aliphatic hydroxyl groups excluding tert-OH is 1. The number of hydrogen-bond acceptors (Lipinski definition) is 12. The molecule has 13 nitrogen and oxygen atoms in total. The molecular weight excluding hydrogens is 922 g/mol. The molecule has 0 radical (unpaired) electrons. The number of benzene rings is 4. The molecule has 2 amide bonds. The fraction of sp³-hybridized carbons (Fsp3) is 0.354. The first-order chi connectivity index (χ1) is 31.0. The van der Waals surface area contributed by atoms with E-state index >= 15 is 0 Å². The van der Waals surface area contributed by atoms with E-state index in [4.69, 9.17) is 30.3 Å². The van der Waals surface area contributed by atoms with Crippen molar-refractivity contribution in [1.29, 1.82) is 0 Å². The van der Waals surface area contributed by atoms with E-state index in [1.54, 1.807) is 41.7 Å². The van der Waals surface area contributed by atoms with Gasteiger partial charge in [-0.2, -0.15) is 0 Å². The highest BCUT2D eigenvalue weighted by molar-refractivity contribution is 9.10. The molecular formula is C48H51BrClN5O8S. The lowest BCUT2D eigenvalue weighted by Gasteiger charge is -2.34. The molecule has 4 heterocycles. The van der Waals surface area contributed by atoms with E-state index < -0.39 is 18.1 Å². The summed E-state index contributed by atoms with van der Waals surface area (Å²) in [7, 11) is 0. The summed E-state index contributed by atoms with van der Waals surface area (Å²) < 4.78 is 26.2. The molecule has 0 aliphatic carbocycles. The lowest BCUT2D eigenvalue weighted by Crippen LogP contribution is -2.48. The second kappa shape index (κ2) is 20.8. The summed E-state index contributed by atoms with van der Waals surface area (Å²) in [5.74, 6) is 1.59. The van der Waals surface area contributed by atoms with Crippen molar-refractivity contribution in [3.8, 4) is 39.3 Å². The van der Waals surface area contributed by atoms with E-state index in [1.165, 1.54) is 4.90 Å². The van der Waals surface area contributed by atoms with Crippen LogP contribution in [-0.4, -0.2) is 113 Å². The van der Waals surface area contributed by atoms with Crippen LogP contribution < -0.4 is 19.5 Å². The van der Waals surface area contributed by atoms with Crippen molar-refractivity contribution in [2.75, 3.05) is 59.0 Å². The molecule has 0 bridgehead atoms. The number of β-amino-alcohol motifs (C(OH)–C–C–N with tert-alkyl or cyclic N) is 1. The summed E-state index contributed by atoms with van der Waals surface area (Å²) in [5.41, 5.74) is 1.91. The molecule has 2 saturated heterocycles. The summed E-state index contributed by atoms with van der Waals surface area (Å²) in [4.78, 5) is 34.4. The van der Waals surface area contributed by atoms with Crippen molar-refractivity contribution < 1.29 is 38.5 Å². The number of phenolic OH excluding ortho intramolecular Hbond substituents is 1. The quantitative estimate of drug-likeness (QED) is 0.0807. The van der Waals surface area contributed by atoms with E-state index in [0.717, 1.165) is 74.8 Å². The van der Waals surface area contributed by atoms with Crippen molar-refractivity contribution in [3.63, 3.8) is 0 Å². The molecule has 2 aromatic heterocycles. The van der Waals surface area contributed by atoms with E-state index in [1.807, 2.05) is 80.6 Å². The van der Waals surface area contributed by atoms with Crippen LogP contribution in [0.2, 0.25) is 5.02 Å². The molecule has 3 atom stereocenters. The monoisotopic (exact) mass is 971 g/mol. The third-order valence-corrected chi connectivity index (χ3v) is 13.5. The van der Waals surface area contributed by atoms with Gasteiger partial charge in [-0.15, -0.1) is 11.3 Å². The Bertz CT molecular complexity index is 2510. The average Bonchev–Trinajstić information content (AvgIpc) is 4.01. The Hall–Kier alpha value is -5.16. The number of nitrogens with one attached hydrogen (secondary N) is 1. The molecule has 16 heteroatoms. The predicted octanol–water partition coefficient (Wildman–Crippen LogP) is 8.56. The van der Waals surface area contributed by atoms with Gasteiger partial charge in [0.2, 0.25) is 11.8 Å². The number of aromatic nitrogens is 1. The maximum Gasteiger partial charge on any atom is 0.254 e. The summed E-state index contributed by atoms with van der Waals surface area (Å²) >= 11 is 11.1. The molecule has 2 aliphatic heterocycles. The van der Waals surface area contributed by atoms with Gasteiger partial charge in [0.25, 0.3) is 5.88 Å². The van der Waals surface area contributed by atoms with Crippen LogP contribution in [0.3, 0.4) is 0 Å². The highest BCUT2D eigenvalue weighted by atomic mass is 79.9. The van der Waals surface area contributed by atoms with Gasteiger partial charge in [-0.25, -0.2) is 0 Å². The number of ether oxygens (including phenoxy) is 3. The first kappa shape index (κ1) is 45.4. The number of carbonyl (C=O) groups is 2. The fourth-order valence-corrected chi connectivity index (χ4v) is 9.66. The lowest BCUT2D eigenvalue weighted by atomic mass is 9.91. The molecule has 3 N–H and O–H groups in total. The number of hydrogen-bond donors (Lipinski definition) is 3. The van der Waals surface area contributed by atoms with Crippen molar-refractivity contribution in [3.05, 3.63) is 118 Å². The minimum atomic E-state index is -0.812. The van der Waals surface area contributed by atoms with Crippen molar-refractivity contribution in [2.24, 2.45) is 5.92 Å². The van der Waals surface area contributed by atoms with Gasteiger partial charge in [0.1, 0.15) is 42.4 Å². The van der Waals surface area contributed by atoms with Crippen LogP contribution in [0.1, 0.15) is 37.5 Å². The normalized spacial score (nSPS) is 17.5. The van der Waals surface area contributed by atoms with E-state index in [0.29, 0.717) is 42.2 Å². The molecule has 0 spiro atoms. The summed E-state index contributed by atoms with van der Waals surface area (Å²) in [5, 5.41) is 29.2. The Morgan fingerprint density at radius 3 is 2.27 bits per heavy atom. The smallest absolute Gasteiger partial charge is 0.254 e. The number of aromatic hydroxyl groups is 1. The summed E-state index contributed by atoms with van der Waals surface area (Å²) in [6, 6.07) is 29.1. The molecule has 6 aromatic rings.